The molecule has 0 saturated carbocycles. The van der Waals surface area contributed by atoms with Gasteiger partial charge in [-0.05, 0) is 54.4 Å². The Bertz CT molecular complexity index is 1070. The molecule has 0 radical (unpaired) electrons. The maximum absolute atomic E-state index is 12.6. The maximum atomic E-state index is 12.6. The number of pyridine rings is 3. The van der Waals surface area contributed by atoms with Crippen LogP contribution in [0, 0.1) is 6.92 Å². The lowest BCUT2D eigenvalue weighted by molar-refractivity contribution is 0.0943. The van der Waals surface area contributed by atoms with Gasteiger partial charge in [0, 0.05) is 30.2 Å². The fraction of sp³-hybridized carbons (Fsp3) is 0.100. The van der Waals surface area contributed by atoms with Crippen molar-refractivity contribution in [2.75, 3.05) is 0 Å². The molecule has 0 saturated heterocycles. The second-order valence-corrected chi connectivity index (χ2v) is 5.88. The summed E-state index contributed by atoms with van der Waals surface area (Å²) in [5, 5.41) is 3.73. The molecule has 0 aliphatic carbocycles. The van der Waals surface area contributed by atoms with E-state index in [1.807, 2.05) is 31.2 Å². The highest BCUT2D eigenvalue weighted by Gasteiger charge is 2.14. The van der Waals surface area contributed by atoms with Gasteiger partial charge in [-0.15, -0.1) is 0 Å². The molecule has 0 spiro atoms. The number of rotatable bonds is 4. The van der Waals surface area contributed by atoms with Crippen molar-refractivity contribution < 1.29 is 9.21 Å². The van der Waals surface area contributed by atoms with Crippen LogP contribution in [0.1, 0.15) is 22.0 Å². The number of aryl methyl sites for hydroxylation is 1. The minimum absolute atomic E-state index is 0.256. The lowest BCUT2D eigenvalue weighted by Gasteiger charge is -2.09. The van der Waals surface area contributed by atoms with E-state index in [0.717, 1.165) is 22.3 Å². The summed E-state index contributed by atoms with van der Waals surface area (Å²) in [4.78, 5) is 25.3. The summed E-state index contributed by atoms with van der Waals surface area (Å²) in [6, 6.07) is 11.1. The van der Waals surface area contributed by atoms with Crippen molar-refractivity contribution in [3.05, 3.63) is 78.4 Å². The van der Waals surface area contributed by atoms with Gasteiger partial charge in [0.25, 0.3) is 5.91 Å². The molecule has 128 valence electrons. The molecule has 6 nitrogen and oxygen atoms in total. The van der Waals surface area contributed by atoms with Crippen LogP contribution in [0.3, 0.4) is 0 Å². The summed E-state index contributed by atoms with van der Waals surface area (Å²) in [5.74, 6) is 1.26. The fourth-order valence-corrected chi connectivity index (χ4v) is 2.79. The number of hydrogen-bond acceptors (Lipinski definition) is 5. The Morgan fingerprint density at radius 3 is 2.65 bits per heavy atom. The summed E-state index contributed by atoms with van der Waals surface area (Å²) in [7, 11) is 0. The molecule has 4 aromatic rings. The number of carbonyl (C=O) groups excluding carboxylic acids is 1. The number of nitrogens with one attached hydrogen (secondary N) is 1. The van der Waals surface area contributed by atoms with Crippen LogP contribution >= 0.6 is 0 Å². The molecule has 0 unspecified atom stereocenters. The van der Waals surface area contributed by atoms with Gasteiger partial charge in [-0.1, -0.05) is 0 Å². The molecule has 4 aromatic heterocycles. The van der Waals surface area contributed by atoms with Crippen molar-refractivity contribution in [1.29, 1.82) is 0 Å². The summed E-state index contributed by atoms with van der Waals surface area (Å²) in [6.07, 6.45) is 6.86. The first-order chi connectivity index (χ1) is 12.7. The number of hydrogen-bond donors (Lipinski definition) is 1. The van der Waals surface area contributed by atoms with Crippen LogP contribution in [0.25, 0.3) is 22.0 Å². The zero-order valence-electron chi connectivity index (χ0n) is 14.1. The second kappa shape index (κ2) is 6.76. The fourth-order valence-electron chi connectivity index (χ4n) is 2.79. The molecule has 0 atom stereocenters. The van der Waals surface area contributed by atoms with Crippen LogP contribution in [0.15, 0.2) is 65.6 Å². The molecule has 0 aromatic carbocycles. The minimum atomic E-state index is -0.256. The van der Waals surface area contributed by atoms with E-state index >= 15 is 0 Å². The van der Waals surface area contributed by atoms with Crippen molar-refractivity contribution in [2.45, 2.75) is 13.5 Å². The monoisotopic (exact) mass is 344 g/mol. The number of carbonyl (C=O) groups is 1. The predicted molar refractivity (Wildman–Crippen MR) is 97.4 cm³/mol. The molecule has 0 aliphatic rings. The van der Waals surface area contributed by atoms with Gasteiger partial charge in [0.1, 0.15) is 17.2 Å². The molecule has 1 N–H and O–H groups in total. The van der Waals surface area contributed by atoms with Crippen molar-refractivity contribution in [1.82, 2.24) is 20.3 Å². The van der Waals surface area contributed by atoms with Gasteiger partial charge >= 0.3 is 0 Å². The van der Waals surface area contributed by atoms with E-state index in [0.29, 0.717) is 23.5 Å². The Morgan fingerprint density at radius 1 is 1.08 bits per heavy atom. The molecule has 1 amide bonds. The average Bonchev–Trinajstić information content (AvgIpc) is 3.11. The number of amides is 1. The van der Waals surface area contributed by atoms with Gasteiger partial charge in [0.2, 0.25) is 0 Å². The summed E-state index contributed by atoms with van der Waals surface area (Å²) in [5.41, 5.74) is 2.91. The average molecular weight is 344 g/mol. The summed E-state index contributed by atoms with van der Waals surface area (Å²) >= 11 is 0. The molecule has 26 heavy (non-hydrogen) atoms. The van der Waals surface area contributed by atoms with Gasteiger partial charge in [0.05, 0.1) is 12.1 Å². The largest absolute Gasteiger partial charge is 0.465 e. The summed E-state index contributed by atoms with van der Waals surface area (Å²) in [6.45, 7) is 2.18. The third-order valence-electron chi connectivity index (χ3n) is 4.05. The zero-order valence-corrected chi connectivity index (χ0v) is 14.1. The molecule has 0 fully saturated rings. The lowest BCUT2D eigenvalue weighted by Crippen LogP contribution is -2.23. The normalized spacial score (nSPS) is 10.8. The molecular weight excluding hydrogens is 328 g/mol. The van der Waals surface area contributed by atoms with E-state index < -0.39 is 0 Å². The summed E-state index contributed by atoms with van der Waals surface area (Å²) < 4.78 is 5.48. The second-order valence-electron chi connectivity index (χ2n) is 5.88. The first-order valence-corrected chi connectivity index (χ1v) is 8.19. The SMILES string of the molecule is Cc1ccc(CNC(=O)c2cc(-c3ccncc3)c3cnccc3n2)o1. The van der Waals surface area contributed by atoms with E-state index in [1.165, 1.54) is 0 Å². The maximum Gasteiger partial charge on any atom is 0.270 e. The van der Waals surface area contributed by atoms with E-state index in [9.17, 15) is 4.79 Å². The van der Waals surface area contributed by atoms with Crippen LogP contribution in [-0.2, 0) is 6.54 Å². The Balaban J connectivity index is 1.70. The van der Waals surface area contributed by atoms with Gasteiger partial charge in [-0.25, -0.2) is 4.98 Å². The quantitative estimate of drug-likeness (QED) is 0.612. The number of aromatic nitrogens is 3. The van der Waals surface area contributed by atoms with Crippen molar-refractivity contribution >= 4 is 16.8 Å². The van der Waals surface area contributed by atoms with E-state index in [4.69, 9.17) is 4.42 Å². The molecule has 4 rings (SSSR count). The smallest absolute Gasteiger partial charge is 0.270 e. The number of nitrogens with zero attached hydrogens (tertiary/aromatic N) is 3. The van der Waals surface area contributed by atoms with Crippen LogP contribution in [-0.4, -0.2) is 20.9 Å². The van der Waals surface area contributed by atoms with Crippen LogP contribution in [0.5, 0.6) is 0 Å². The van der Waals surface area contributed by atoms with Gasteiger partial charge in [-0.2, -0.15) is 0 Å². The van der Waals surface area contributed by atoms with Crippen molar-refractivity contribution in [2.24, 2.45) is 0 Å². The molecular formula is C20H16N4O2. The van der Waals surface area contributed by atoms with E-state index in [2.05, 4.69) is 20.3 Å². The van der Waals surface area contributed by atoms with Crippen LogP contribution in [0.4, 0.5) is 0 Å². The first kappa shape index (κ1) is 16.0. The minimum Gasteiger partial charge on any atom is -0.465 e. The zero-order chi connectivity index (χ0) is 17.9. The lowest BCUT2D eigenvalue weighted by atomic mass is 10.0. The Hall–Kier alpha value is -3.54. The standard InChI is InChI=1S/C20H16N4O2/c1-13-2-3-15(26-13)11-23-20(25)19-10-16(14-4-7-21-8-5-14)17-12-22-9-6-18(17)24-19/h2-10,12H,11H2,1H3,(H,23,25). The van der Waals surface area contributed by atoms with Crippen LogP contribution < -0.4 is 5.32 Å². The highest BCUT2D eigenvalue weighted by atomic mass is 16.3. The van der Waals surface area contributed by atoms with Gasteiger partial charge < -0.3 is 9.73 Å². The first-order valence-electron chi connectivity index (χ1n) is 8.19. The van der Waals surface area contributed by atoms with E-state index in [1.54, 1.807) is 36.9 Å². The van der Waals surface area contributed by atoms with Crippen molar-refractivity contribution in [3.63, 3.8) is 0 Å². The Kier molecular flexibility index (Phi) is 4.15. The highest BCUT2D eigenvalue weighted by Crippen LogP contribution is 2.27. The third kappa shape index (κ3) is 3.17. The molecule has 0 bridgehead atoms. The molecule has 4 heterocycles. The number of furan rings is 1. The Morgan fingerprint density at radius 2 is 1.88 bits per heavy atom. The highest BCUT2D eigenvalue weighted by molar-refractivity contribution is 6.00. The van der Waals surface area contributed by atoms with E-state index in [-0.39, 0.29) is 5.91 Å². The van der Waals surface area contributed by atoms with Crippen molar-refractivity contribution in [3.8, 4) is 11.1 Å². The molecule has 0 aliphatic heterocycles. The predicted octanol–water partition coefficient (Wildman–Crippen LogP) is 3.52. The number of fused-ring (bicyclic) bond motifs is 1. The Labute approximate surface area is 149 Å². The van der Waals surface area contributed by atoms with Gasteiger partial charge in [0.15, 0.2) is 0 Å². The topological polar surface area (TPSA) is 80.9 Å². The van der Waals surface area contributed by atoms with Gasteiger partial charge in [-0.3, -0.25) is 14.8 Å². The molecule has 6 heteroatoms. The third-order valence-corrected chi connectivity index (χ3v) is 4.05. The van der Waals surface area contributed by atoms with Crippen LogP contribution in [0.2, 0.25) is 0 Å².